The molecule has 53 heavy (non-hydrogen) atoms. The van der Waals surface area contributed by atoms with E-state index < -0.39 is 17.9 Å². The van der Waals surface area contributed by atoms with E-state index in [9.17, 15) is 19.2 Å². The van der Waals surface area contributed by atoms with Gasteiger partial charge >= 0.3 is 0 Å². The molecule has 0 radical (unpaired) electrons. The van der Waals surface area contributed by atoms with Crippen molar-refractivity contribution in [3.8, 4) is 11.1 Å². The molecule has 10 nitrogen and oxygen atoms in total. The number of nitrogens with two attached hydrogens (primary N) is 2. The van der Waals surface area contributed by atoms with Crippen LogP contribution in [-0.2, 0) is 17.8 Å². The summed E-state index contributed by atoms with van der Waals surface area (Å²) in [5, 5.41) is 16.6. The molecule has 0 fully saturated rings. The van der Waals surface area contributed by atoms with Crippen LogP contribution in [-0.4, -0.2) is 42.3 Å². The molecular formula is C42H46N6O4S. The van der Waals surface area contributed by atoms with Gasteiger partial charge in [-0.25, -0.2) is 0 Å². The van der Waals surface area contributed by atoms with Gasteiger partial charge in [0.2, 0.25) is 11.8 Å². The second kappa shape index (κ2) is 18.6. The van der Waals surface area contributed by atoms with Crippen LogP contribution in [0.2, 0.25) is 0 Å². The monoisotopic (exact) mass is 730 g/mol. The van der Waals surface area contributed by atoms with Crippen LogP contribution in [0.4, 0.5) is 5.69 Å². The summed E-state index contributed by atoms with van der Waals surface area (Å²) in [5.74, 6) is -1.54. The molecule has 1 aromatic heterocycles. The lowest BCUT2D eigenvalue weighted by Crippen LogP contribution is -2.49. The molecule has 274 valence electrons. The zero-order valence-electron chi connectivity index (χ0n) is 29.9. The molecule has 8 N–H and O–H groups in total. The van der Waals surface area contributed by atoms with Crippen LogP contribution in [0.1, 0.15) is 80.5 Å². The molecule has 0 saturated carbocycles. The van der Waals surface area contributed by atoms with E-state index in [1.54, 1.807) is 65.9 Å². The van der Waals surface area contributed by atoms with E-state index in [-0.39, 0.29) is 40.6 Å². The largest absolute Gasteiger partial charge is 0.399 e. The lowest BCUT2D eigenvalue weighted by atomic mass is 9.94. The van der Waals surface area contributed by atoms with Crippen molar-refractivity contribution in [1.29, 1.82) is 0 Å². The molecule has 5 rings (SSSR count). The smallest absolute Gasteiger partial charge is 0.251 e. The highest BCUT2D eigenvalue weighted by Crippen LogP contribution is 2.27. The summed E-state index contributed by atoms with van der Waals surface area (Å²) >= 11 is 1.61. The number of nitrogens with one attached hydrogen (secondary N) is 4. The summed E-state index contributed by atoms with van der Waals surface area (Å²) in [4.78, 5) is 53.4. The van der Waals surface area contributed by atoms with Crippen molar-refractivity contribution >= 4 is 40.7 Å². The molecule has 0 aliphatic carbocycles. The third-order valence-corrected chi connectivity index (χ3v) is 9.82. The van der Waals surface area contributed by atoms with E-state index in [1.165, 1.54) is 0 Å². The molecule has 3 atom stereocenters. The Hall–Kier alpha value is -5.78. The van der Waals surface area contributed by atoms with Gasteiger partial charge in [-0.15, -0.1) is 0 Å². The number of primary amides is 1. The van der Waals surface area contributed by atoms with Gasteiger partial charge in [-0.1, -0.05) is 67.6 Å². The molecule has 0 unspecified atom stereocenters. The predicted molar refractivity (Wildman–Crippen MR) is 211 cm³/mol. The molecule has 4 aromatic carbocycles. The second-order valence-corrected chi connectivity index (χ2v) is 13.8. The van der Waals surface area contributed by atoms with Gasteiger partial charge in [-0.3, -0.25) is 19.2 Å². The van der Waals surface area contributed by atoms with E-state index in [0.717, 1.165) is 16.7 Å². The maximum Gasteiger partial charge on any atom is 0.251 e. The number of anilines is 1. The maximum absolute atomic E-state index is 14.1. The van der Waals surface area contributed by atoms with Gasteiger partial charge in [0, 0.05) is 41.5 Å². The van der Waals surface area contributed by atoms with Gasteiger partial charge in [-0.2, -0.15) is 11.3 Å². The Bertz CT molecular complexity index is 2000. The van der Waals surface area contributed by atoms with E-state index in [0.29, 0.717) is 49.2 Å². The van der Waals surface area contributed by atoms with E-state index in [4.69, 9.17) is 11.5 Å². The lowest BCUT2D eigenvalue weighted by Gasteiger charge is -2.23. The van der Waals surface area contributed by atoms with Crippen molar-refractivity contribution in [2.75, 3.05) is 12.3 Å². The Balaban J connectivity index is 1.38. The highest BCUT2D eigenvalue weighted by molar-refractivity contribution is 7.07. The fourth-order valence-corrected chi connectivity index (χ4v) is 6.73. The standard InChI is InChI=1S/C42H46N6O4S/c1-3-38(42(52)46-24-28-13-16-34(43)17-14-28)45-25-35(18-15-29-19-20-53-26-29)48-41(51)33-22-31(36-11-7-8-12-37(36)39(44)49)21-32(23-33)40(50)47-27(2)30-9-5-4-6-10-30/h4-14,16-17,19-23,26-27,35,38,45H,3,15,18,24-25,43H2,1-2H3,(H2,44,49)(H,46,52)(H,47,50)(H,48,51)/t27-,35+,38+/m1/s1. The summed E-state index contributed by atoms with van der Waals surface area (Å²) < 4.78 is 0. The van der Waals surface area contributed by atoms with Crippen molar-refractivity contribution in [2.45, 2.75) is 57.8 Å². The van der Waals surface area contributed by atoms with Crippen molar-refractivity contribution in [1.82, 2.24) is 21.3 Å². The lowest BCUT2D eigenvalue weighted by molar-refractivity contribution is -0.123. The number of nitrogen functional groups attached to an aromatic ring is 1. The summed E-state index contributed by atoms with van der Waals surface area (Å²) in [6, 6.07) is 29.5. The highest BCUT2D eigenvalue weighted by Gasteiger charge is 2.22. The van der Waals surface area contributed by atoms with Gasteiger partial charge in [0.25, 0.3) is 11.8 Å². The number of rotatable bonds is 17. The molecule has 0 bridgehead atoms. The van der Waals surface area contributed by atoms with Crippen molar-refractivity contribution in [2.24, 2.45) is 5.73 Å². The number of carbonyl (C=O) groups excluding carboxylic acids is 4. The minimum atomic E-state index is -0.623. The van der Waals surface area contributed by atoms with Crippen molar-refractivity contribution in [3.63, 3.8) is 0 Å². The van der Waals surface area contributed by atoms with Gasteiger partial charge in [0.15, 0.2) is 0 Å². The predicted octanol–water partition coefficient (Wildman–Crippen LogP) is 6.00. The van der Waals surface area contributed by atoms with Crippen LogP contribution >= 0.6 is 11.3 Å². The van der Waals surface area contributed by atoms with Gasteiger partial charge in [0.1, 0.15) is 0 Å². The molecular weight excluding hydrogens is 685 g/mol. The van der Waals surface area contributed by atoms with E-state index in [1.807, 2.05) is 61.7 Å². The maximum atomic E-state index is 14.1. The van der Waals surface area contributed by atoms with E-state index >= 15 is 0 Å². The van der Waals surface area contributed by atoms with Crippen molar-refractivity contribution < 1.29 is 19.2 Å². The zero-order chi connectivity index (χ0) is 37.7. The molecule has 5 aromatic rings. The molecule has 0 spiro atoms. The SMILES string of the molecule is CC[C@H](NC[C@H](CCc1ccsc1)NC(=O)c1cc(C(=O)N[C@H](C)c2ccccc2)cc(-c2ccccc2C(N)=O)c1)C(=O)NCc1ccc(N)cc1. The van der Waals surface area contributed by atoms with Crippen molar-refractivity contribution in [3.05, 3.63) is 147 Å². The summed E-state index contributed by atoms with van der Waals surface area (Å²) in [6.45, 7) is 4.51. The Morgan fingerprint density at radius 3 is 2.13 bits per heavy atom. The Morgan fingerprint density at radius 2 is 1.47 bits per heavy atom. The summed E-state index contributed by atoms with van der Waals surface area (Å²) in [6.07, 6.45) is 1.86. The topological polar surface area (TPSA) is 168 Å². The molecule has 4 amide bonds. The number of thiophene rings is 1. The first-order valence-electron chi connectivity index (χ1n) is 17.7. The minimum absolute atomic E-state index is 0.145. The third kappa shape index (κ3) is 10.9. The quantitative estimate of drug-likeness (QED) is 0.0642. The summed E-state index contributed by atoms with van der Waals surface area (Å²) in [5.41, 5.74) is 17.0. The van der Waals surface area contributed by atoms with Gasteiger partial charge in [0.05, 0.1) is 12.1 Å². The summed E-state index contributed by atoms with van der Waals surface area (Å²) in [7, 11) is 0. The first-order chi connectivity index (χ1) is 25.6. The van der Waals surface area contributed by atoms with Crippen LogP contribution < -0.4 is 32.7 Å². The fraction of sp³-hybridized carbons (Fsp3) is 0.238. The number of carbonyl (C=O) groups is 4. The van der Waals surface area contributed by atoms with Gasteiger partial charge in [-0.05, 0) is 107 Å². The van der Waals surface area contributed by atoms with Crippen LogP contribution in [0.5, 0.6) is 0 Å². The van der Waals surface area contributed by atoms with Crippen LogP contribution in [0.15, 0.2) is 114 Å². The minimum Gasteiger partial charge on any atom is -0.399 e. The zero-order valence-corrected chi connectivity index (χ0v) is 30.7. The molecule has 1 heterocycles. The number of amides is 4. The van der Waals surface area contributed by atoms with Crippen LogP contribution in [0.25, 0.3) is 11.1 Å². The molecule has 0 aliphatic rings. The number of hydrogen-bond acceptors (Lipinski definition) is 7. The third-order valence-electron chi connectivity index (χ3n) is 9.09. The average Bonchev–Trinajstić information content (AvgIpc) is 3.70. The normalized spacial score (nSPS) is 12.6. The number of hydrogen-bond donors (Lipinski definition) is 6. The number of benzene rings is 4. The fourth-order valence-electron chi connectivity index (χ4n) is 6.02. The molecule has 11 heteroatoms. The Labute approximate surface area is 314 Å². The number of aryl methyl sites for hydroxylation is 1. The highest BCUT2D eigenvalue weighted by atomic mass is 32.1. The molecule has 0 aliphatic heterocycles. The first kappa shape index (κ1) is 38.5. The Kier molecular flexibility index (Phi) is 13.5. The first-order valence-corrected chi connectivity index (χ1v) is 18.6. The average molecular weight is 731 g/mol. The Morgan fingerprint density at radius 1 is 0.792 bits per heavy atom. The van der Waals surface area contributed by atoms with Crippen LogP contribution in [0, 0.1) is 0 Å². The molecule has 0 saturated heterocycles. The second-order valence-electron chi connectivity index (χ2n) is 13.0. The van der Waals surface area contributed by atoms with E-state index in [2.05, 4.69) is 32.7 Å². The van der Waals surface area contributed by atoms with Gasteiger partial charge < -0.3 is 32.7 Å². The van der Waals surface area contributed by atoms with Crippen LogP contribution in [0.3, 0.4) is 0 Å².